The first-order valence-electron chi connectivity index (χ1n) is 11.9. The number of nitrogens with zero attached hydrogens (tertiary/aromatic N) is 2. The third-order valence-electron chi connectivity index (χ3n) is 7.21. The number of carbonyl (C=O) groups excluding carboxylic acids is 1. The molecular weight excluding hydrogens is 464 g/mol. The Balaban J connectivity index is 1.52. The standard InChI is InChI=1S/C28H25F2N3O3/c1-14-11-16(28(2,3)35)8-9-17(14)15-7-10-19-21(12-15)33-22-13-20(25(33)31-19)32-26(34)18-5-4-6-23(24(18)22)36-27(29)30/h4-12,20,22,27,35H,13H2,1-3H3,(H,32,34)/t20-,22-/m0/s1. The zero-order chi connectivity index (χ0) is 25.4. The zero-order valence-electron chi connectivity index (χ0n) is 20.0. The SMILES string of the molecule is Cc1cc(C(C)(C)O)ccc1-c1ccc2nc3n(c2c1)[C@H]1C[C@@H]3NC(=O)c2cccc(OC(F)F)c21. The second-order valence-electron chi connectivity index (χ2n) is 10.0. The van der Waals surface area contributed by atoms with Crippen LogP contribution in [0.4, 0.5) is 8.78 Å². The lowest BCUT2D eigenvalue weighted by molar-refractivity contribution is -0.0507. The molecule has 8 heteroatoms. The van der Waals surface area contributed by atoms with Gasteiger partial charge in [0.25, 0.3) is 5.91 Å². The minimum absolute atomic E-state index is 0.00667. The van der Waals surface area contributed by atoms with Crippen LogP contribution >= 0.6 is 0 Å². The third-order valence-corrected chi connectivity index (χ3v) is 7.21. The summed E-state index contributed by atoms with van der Waals surface area (Å²) >= 11 is 0. The number of aliphatic hydroxyl groups is 1. The van der Waals surface area contributed by atoms with Crippen molar-refractivity contribution in [2.45, 2.75) is 51.5 Å². The van der Waals surface area contributed by atoms with Crippen molar-refractivity contribution in [3.8, 4) is 16.9 Å². The Morgan fingerprint density at radius 2 is 1.94 bits per heavy atom. The van der Waals surface area contributed by atoms with E-state index >= 15 is 0 Å². The van der Waals surface area contributed by atoms with Gasteiger partial charge in [0, 0.05) is 11.1 Å². The monoisotopic (exact) mass is 489 g/mol. The van der Waals surface area contributed by atoms with E-state index in [0.717, 1.165) is 33.3 Å². The van der Waals surface area contributed by atoms with Crippen molar-refractivity contribution in [2.24, 2.45) is 0 Å². The summed E-state index contributed by atoms with van der Waals surface area (Å²) in [5, 5.41) is 13.4. The quantitative estimate of drug-likeness (QED) is 0.390. The number of fused-ring (bicyclic) bond motifs is 9. The number of hydrogen-bond donors (Lipinski definition) is 2. The molecule has 6 nitrogen and oxygen atoms in total. The molecule has 0 fully saturated rings. The second kappa shape index (κ2) is 7.86. The first kappa shape index (κ1) is 22.7. The summed E-state index contributed by atoms with van der Waals surface area (Å²) < 4.78 is 33.4. The molecule has 2 N–H and O–H groups in total. The van der Waals surface area contributed by atoms with Crippen molar-refractivity contribution in [3.05, 3.63) is 82.7 Å². The number of nitrogens with one attached hydrogen (secondary N) is 1. The number of benzene rings is 3. The van der Waals surface area contributed by atoms with Gasteiger partial charge in [-0.15, -0.1) is 0 Å². The summed E-state index contributed by atoms with van der Waals surface area (Å²) in [6, 6.07) is 15.9. The number of aryl methyl sites for hydroxylation is 1. The van der Waals surface area contributed by atoms with Crippen molar-refractivity contribution in [3.63, 3.8) is 0 Å². The number of carbonyl (C=O) groups is 1. The van der Waals surface area contributed by atoms with Gasteiger partial charge in [0.05, 0.1) is 28.7 Å². The van der Waals surface area contributed by atoms with Crippen LogP contribution in [0.25, 0.3) is 22.2 Å². The molecular formula is C28H25F2N3O3. The van der Waals surface area contributed by atoms with Gasteiger partial charge in [-0.2, -0.15) is 8.78 Å². The maximum absolute atomic E-state index is 13.2. The lowest BCUT2D eigenvalue weighted by Crippen LogP contribution is -2.28. The highest BCUT2D eigenvalue weighted by Gasteiger charge is 2.42. The molecule has 2 bridgehead atoms. The zero-order valence-corrected chi connectivity index (χ0v) is 20.0. The number of halogens is 2. The van der Waals surface area contributed by atoms with Crippen LogP contribution < -0.4 is 10.1 Å². The summed E-state index contributed by atoms with van der Waals surface area (Å²) in [6.45, 7) is 2.52. The van der Waals surface area contributed by atoms with Crippen LogP contribution in [0.5, 0.6) is 5.75 Å². The smallest absolute Gasteiger partial charge is 0.387 e. The van der Waals surface area contributed by atoms with Crippen LogP contribution in [0.3, 0.4) is 0 Å². The molecule has 6 rings (SSSR count). The Kier molecular flexibility index (Phi) is 4.95. The van der Waals surface area contributed by atoms with E-state index in [4.69, 9.17) is 9.72 Å². The third kappa shape index (κ3) is 3.47. The molecule has 0 unspecified atom stereocenters. The van der Waals surface area contributed by atoms with Gasteiger partial charge in [-0.25, -0.2) is 4.98 Å². The first-order valence-corrected chi connectivity index (χ1v) is 11.9. The highest BCUT2D eigenvalue weighted by atomic mass is 19.3. The fourth-order valence-electron chi connectivity index (χ4n) is 5.55. The van der Waals surface area contributed by atoms with E-state index in [1.165, 1.54) is 6.07 Å². The van der Waals surface area contributed by atoms with Crippen LogP contribution in [0.15, 0.2) is 54.6 Å². The molecule has 1 amide bonds. The molecule has 4 aromatic rings. The fraction of sp³-hybridized carbons (Fsp3) is 0.286. The van der Waals surface area contributed by atoms with Gasteiger partial charge in [-0.3, -0.25) is 4.79 Å². The molecule has 0 aliphatic carbocycles. The lowest BCUT2D eigenvalue weighted by atomic mass is 9.92. The first-order chi connectivity index (χ1) is 17.1. The normalized spacial score (nSPS) is 18.7. The fourth-order valence-corrected chi connectivity index (χ4v) is 5.55. The van der Waals surface area contributed by atoms with Crippen LogP contribution in [-0.2, 0) is 5.60 Å². The van der Waals surface area contributed by atoms with Gasteiger partial charge in [0.1, 0.15) is 11.6 Å². The highest BCUT2D eigenvalue weighted by Crippen LogP contribution is 2.47. The predicted molar refractivity (Wildman–Crippen MR) is 131 cm³/mol. The molecule has 184 valence electrons. The Labute approximate surface area is 206 Å². The van der Waals surface area contributed by atoms with Crippen LogP contribution in [0.1, 0.15) is 65.2 Å². The number of alkyl halides is 2. The summed E-state index contributed by atoms with van der Waals surface area (Å²) in [4.78, 5) is 17.7. The van der Waals surface area contributed by atoms with Crippen LogP contribution in [-0.4, -0.2) is 27.2 Å². The van der Waals surface area contributed by atoms with E-state index in [1.807, 2.05) is 47.9 Å². The number of amides is 1. The maximum atomic E-state index is 13.2. The molecule has 0 saturated carbocycles. The number of ether oxygens (including phenoxy) is 1. The van der Waals surface area contributed by atoms with Gasteiger partial charge in [0.2, 0.25) is 0 Å². The molecule has 3 aromatic carbocycles. The molecule has 0 radical (unpaired) electrons. The Morgan fingerprint density at radius 3 is 2.67 bits per heavy atom. The average Bonchev–Trinajstić information content (AvgIpc) is 3.30. The summed E-state index contributed by atoms with van der Waals surface area (Å²) in [5.74, 6) is 0.387. The van der Waals surface area contributed by atoms with Gasteiger partial charge >= 0.3 is 6.61 Å². The van der Waals surface area contributed by atoms with E-state index < -0.39 is 12.2 Å². The second-order valence-corrected chi connectivity index (χ2v) is 10.0. The van der Waals surface area contributed by atoms with E-state index in [1.54, 1.807) is 26.0 Å². The summed E-state index contributed by atoms with van der Waals surface area (Å²) in [7, 11) is 0. The van der Waals surface area contributed by atoms with Gasteiger partial charge in [-0.05, 0) is 73.7 Å². The Hall–Kier alpha value is -3.78. The minimum Gasteiger partial charge on any atom is -0.434 e. The molecule has 2 atom stereocenters. The van der Waals surface area contributed by atoms with Crippen LogP contribution in [0.2, 0.25) is 0 Å². The van der Waals surface area contributed by atoms with Crippen molar-refractivity contribution >= 4 is 16.9 Å². The van der Waals surface area contributed by atoms with Crippen molar-refractivity contribution in [2.75, 3.05) is 0 Å². The largest absolute Gasteiger partial charge is 0.434 e. The molecule has 36 heavy (non-hydrogen) atoms. The predicted octanol–water partition coefficient (Wildman–Crippen LogP) is 5.62. The minimum atomic E-state index is -3.00. The van der Waals surface area contributed by atoms with Gasteiger partial charge in [0.15, 0.2) is 0 Å². The van der Waals surface area contributed by atoms with Crippen molar-refractivity contribution < 1.29 is 23.4 Å². The summed E-state index contributed by atoms with van der Waals surface area (Å²) in [5.41, 5.74) is 5.32. The Morgan fingerprint density at radius 1 is 1.14 bits per heavy atom. The van der Waals surface area contributed by atoms with E-state index in [9.17, 15) is 18.7 Å². The average molecular weight is 490 g/mol. The summed E-state index contributed by atoms with van der Waals surface area (Å²) in [6.07, 6.45) is 0.504. The Bertz CT molecular complexity index is 1540. The molecule has 3 heterocycles. The van der Waals surface area contributed by atoms with E-state index in [2.05, 4.69) is 5.32 Å². The van der Waals surface area contributed by atoms with Crippen molar-refractivity contribution in [1.82, 2.24) is 14.9 Å². The number of imidazole rings is 1. The maximum Gasteiger partial charge on any atom is 0.387 e. The number of rotatable bonds is 4. The van der Waals surface area contributed by atoms with Gasteiger partial charge in [-0.1, -0.05) is 30.3 Å². The topological polar surface area (TPSA) is 76.4 Å². The number of aromatic nitrogens is 2. The molecule has 2 aliphatic heterocycles. The van der Waals surface area contributed by atoms with Crippen molar-refractivity contribution in [1.29, 1.82) is 0 Å². The van der Waals surface area contributed by atoms with E-state index in [0.29, 0.717) is 23.4 Å². The van der Waals surface area contributed by atoms with Gasteiger partial charge < -0.3 is 19.7 Å². The highest BCUT2D eigenvalue weighted by molar-refractivity contribution is 5.98. The molecule has 1 aromatic heterocycles. The molecule has 0 spiro atoms. The lowest BCUT2D eigenvalue weighted by Gasteiger charge is -2.21. The van der Waals surface area contributed by atoms with E-state index in [-0.39, 0.29) is 23.7 Å². The van der Waals surface area contributed by atoms with Crippen LogP contribution in [0, 0.1) is 6.92 Å². The number of hydrogen-bond acceptors (Lipinski definition) is 4. The molecule has 2 aliphatic rings. The molecule has 0 saturated heterocycles.